The average molecular weight is 340 g/mol. The van der Waals surface area contributed by atoms with E-state index in [0.29, 0.717) is 17.5 Å². The molecule has 0 aliphatic heterocycles. The number of aryl methyl sites for hydroxylation is 1. The number of amides is 1. The standard InChI is InChI=1S/C18H20N4OS/c23-17(16-11-21-18(24-16)22-13-7-8-13)19-9-3-4-12-10-20-15-6-2-1-5-14(12)15/h1-2,5-6,10-11,13,20H,3-4,7-9H2,(H,19,23)(H,21,22). The molecule has 1 aromatic carbocycles. The molecule has 0 atom stereocenters. The maximum atomic E-state index is 12.2. The zero-order valence-electron chi connectivity index (χ0n) is 13.3. The van der Waals surface area contributed by atoms with E-state index in [2.05, 4.69) is 45.0 Å². The molecule has 1 amide bonds. The van der Waals surface area contributed by atoms with Gasteiger partial charge in [0.05, 0.1) is 6.20 Å². The van der Waals surface area contributed by atoms with Crippen molar-refractivity contribution in [1.29, 1.82) is 0 Å². The molecule has 1 aliphatic carbocycles. The minimum Gasteiger partial charge on any atom is -0.361 e. The highest BCUT2D eigenvalue weighted by molar-refractivity contribution is 7.17. The van der Waals surface area contributed by atoms with E-state index < -0.39 is 0 Å². The van der Waals surface area contributed by atoms with Crippen molar-refractivity contribution in [2.45, 2.75) is 31.7 Å². The van der Waals surface area contributed by atoms with E-state index in [1.807, 2.05) is 6.07 Å². The summed E-state index contributed by atoms with van der Waals surface area (Å²) in [4.78, 5) is 20.4. The number of H-pyrrole nitrogens is 1. The minimum atomic E-state index is -0.0322. The van der Waals surface area contributed by atoms with Crippen LogP contribution in [0, 0.1) is 0 Å². The number of nitrogens with zero attached hydrogens (tertiary/aromatic N) is 1. The molecule has 0 saturated heterocycles. The number of thiazole rings is 1. The molecule has 0 unspecified atom stereocenters. The first-order valence-corrected chi connectivity index (χ1v) is 9.17. The summed E-state index contributed by atoms with van der Waals surface area (Å²) >= 11 is 1.43. The number of fused-ring (bicyclic) bond motifs is 1. The van der Waals surface area contributed by atoms with Gasteiger partial charge in [-0.3, -0.25) is 4.79 Å². The molecule has 2 aromatic heterocycles. The predicted octanol–water partition coefficient (Wildman–Crippen LogP) is 3.56. The van der Waals surface area contributed by atoms with Crippen LogP contribution in [0.3, 0.4) is 0 Å². The topological polar surface area (TPSA) is 69.8 Å². The zero-order valence-corrected chi connectivity index (χ0v) is 14.2. The molecule has 5 nitrogen and oxygen atoms in total. The van der Waals surface area contributed by atoms with E-state index in [1.165, 1.54) is 35.1 Å². The summed E-state index contributed by atoms with van der Waals surface area (Å²) < 4.78 is 0. The van der Waals surface area contributed by atoms with Crippen molar-refractivity contribution in [1.82, 2.24) is 15.3 Å². The summed E-state index contributed by atoms with van der Waals surface area (Å²) in [5.41, 5.74) is 2.46. The van der Waals surface area contributed by atoms with E-state index in [9.17, 15) is 4.79 Å². The van der Waals surface area contributed by atoms with Crippen molar-refractivity contribution >= 4 is 33.3 Å². The Kier molecular flexibility index (Phi) is 4.21. The van der Waals surface area contributed by atoms with Crippen LogP contribution in [0.2, 0.25) is 0 Å². The molecule has 2 heterocycles. The lowest BCUT2D eigenvalue weighted by Crippen LogP contribution is -2.23. The van der Waals surface area contributed by atoms with Crippen LogP contribution >= 0.6 is 11.3 Å². The number of para-hydroxylation sites is 1. The fourth-order valence-corrected chi connectivity index (χ4v) is 3.56. The fourth-order valence-electron chi connectivity index (χ4n) is 2.75. The van der Waals surface area contributed by atoms with Gasteiger partial charge in [0, 0.05) is 29.7 Å². The number of anilines is 1. The van der Waals surface area contributed by atoms with Crippen molar-refractivity contribution < 1.29 is 4.79 Å². The van der Waals surface area contributed by atoms with Gasteiger partial charge in [0.2, 0.25) is 0 Å². The first-order valence-electron chi connectivity index (χ1n) is 8.35. The number of aromatic amines is 1. The molecule has 0 spiro atoms. The molecule has 1 saturated carbocycles. The normalized spacial score (nSPS) is 14.0. The highest BCUT2D eigenvalue weighted by Crippen LogP contribution is 2.27. The minimum absolute atomic E-state index is 0.0322. The van der Waals surface area contributed by atoms with Crippen molar-refractivity contribution in [3.63, 3.8) is 0 Å². The Bertz CT molecular complexity index is 849. The van der Waals surface area contributed by atoms with E-state index in [1.54, 1.807) is 6.20 Å². The summed E-state index contributed by atoms with van der Waals surface area (Å²) in [6, 6.07) is 8.86. The molecule has 24 heavy (non-hydrogen) atoms. The molecule has 124 valence electrons. The first-order chi connectivity index (χ1) is 11.8. The van der Waals surface area contributed by atoms with E-state index in [0.717, 1.165) is 23.5 Å². The van der Waals surface area contributed by atoms with Crippen molar-refractivity contribution in [3.05, 3.63) is 47.1 Å². The summed E-state index contributed by atoms with van der Waals surface area (Å²) in [6.07, 6.45) is 7.99. The fraction of sp³-hybridized carbons (Fsp3) is 0.333. The molecular formula is C18H20N4OS. The summed E-state index contributed by atoms with van der Waals surface area (Å²) in [6.45, 7) is 0.668. The molecular weight excluding hydrogens is 320 g/mol. The number of hydrogen-bond acceptors (Lipinski definition) is 4. The van der Waals surface area contributed by atoms with Crippen molar-refractivity contribution in [2.24, 2.45) is 0 Å². The molecule has 3 aromatic rings. The third-order valence-electron chi connectivity index (χ3n) is 4.22. The number of carbonyl (C=O) groups excluding carboxylic acids is 1. The van der Waals surface area contributed by atoms with E-state index in [-0.39, 0.29) is 5.91 Å². The summed E-state index contributed by atoms with van der Waals surface area (Å²) in [7, 11) is 0. The number of aromatic nitrogens is 2. The SMILES string of the molecule is O=C(NCCCc1c[nH]c2ccccc12)c1cnc(NC2CC2)s1. The largest absolute Gasteiger partial charge is 0.361 e. The number of carbonyl (C=O) groups is 1. The number of hydrogen-bond donors (Lipinski definition) is 3. The Labute approximate surface area is 144 Å². The van der Waals surface area contributed by atoms with Crippen LogP contribution in [-0.4, -0.2) is 28.5 Å². The van der Waals surface area contributed by atoms with Crippen LogP contribution in [-0.2, 0) is 6.42 Å². The Balaban J connectivity index is 1.26. The summed E-state index contributed by atoms with van der Waals surface area (Å²) in [5.74, 6) is -0.0322. The Morgan fingerprint density at radius 2 is 2.21 bits per heavy atom. The van der Waals surface area contributed by atoms with Gasteiger partial charge in [0.1, 0.15) is 4.88 Å². The molecule has 0 radical (unpaired) electrons. The lowest BCUT2D eigenvalue weighted by atomic mass is 10.1. The van der Waals surface area contributed by atoms with E-state index >= 15 is 0 Å². The molecule has 0 bridgehead atoms. The third kappa shape index (κ3) is 3.43. The zero-order chi connectivity index (χ0) is 16.4. The number of nitrogens with one attached hydrogen (secondary N) is 3. The second kappa shape index (κ2) is 6.65. The monoisotopic (exact) mass is 340 g/mol. The van der Waals surface area contributed by atoms with E-state index in [4.69, 9.17) is 0 Å². The van der Waals surface area contributed by atoms with Crippen molar-refractivity contribution in [3.8, 4) is 0 Å². The lowest BCUT2D eigenvalue weighted by Gasteiger charge is -2.03. The molecule has 3 N–H and O–H groups in total. The maximum absolute atomic E-state index is 12.2. The van der Waals surface area contributed by atoms with Gasteiger partial charge in [-0.05, 0) is 37.3 Å². The quantitative estimate of drug-likeness (QED) is 0.576. The number of rotatable bonds is 7. The second-order valence-corrected chi connectivity index (χ2v) is 7.20. The highest BCUT2D eigenvalue weighted by Gasteiger charge is 2.22. The Morgan fingerprint density at radius 1 is 1.33 bits per heavy atom. The van der Waals surface area contributed by atoms with Crippen LogP contribution in [0.1, 0.15) is 34.5 Å². The van der Waals surface area contributed by atoms with Crippen LogP contribution in [0.4, 0.5) is 5.13 Å². The van der Waals surface area contributed by atoms with Crippen LogP contribution in [0.15, 0.2) is 36.7 Å². The van der Waals surface area contributed by atoms with Gasteiger partial charge in [-0.1, -0.05) is 29.5 Å². The molecule has 1 fully saturated rings. The lowest BCUT2D eigenvalue weighted by molar-refractivity contribution is 0.0957. The van der Waals surface area contributed by atoms with Gasteiger partial charge in [0.15, 0.2) is 5.13 Å². The second-order valence-electron chi connectivity index (χ2n) is 6.17. The average Bonchev–Trinajstić information content (AvgIpc) is 3.13. The van der Waals surface area contributed by atoms with Gasteiger partial charge >= 0.3 is 0 Å². The first kappa shape index (κ1) is 15.2. The maximum Gasteiger partial charge on any atom is 0.263 e. The van der Waals surface area contributed by atoms with Crippen LogP contribution in [0.25, 0.3) is 10.9 Å². The molecule has 6 heteroatoms. The van der Waals surface area contributed by atoms with Gasteiger partial charge in [0.25, 0.3) is 5.91 Å². The number of benzene rings is 1. The summed E-state index contributed by atoms with van der Waals surface area (Å²) in [5, 5.41) is 8.42. The van der Waals surface area contributed by atoms with Crippen LogP contribution < -0.4 is 10.6 Å². The van der Waals surface area contributed by atoms with Gasteiger partial charge < -0.3 is 15.6 Å². The smallest absolute Gasteiger partial charge is 0.263 e. The third-order valence-corrected chi connectivity index (χ3v) is 5.15. The van der Waals surface area contributed by atoms with Gasteiger partial charge in [-0.25, -0.2) is 4.98 Å². The predicted molar refractivity (Wildman–Crippen MR) is 97.7 cm³/mol. The molecule has 4 rings (SSSR count). The highest BCUT2D eigenvalue weighted by atomic mass is 32.1. The Hall–Kier alpha value is -2.34. The molecule has 1 aliphatic rings. The Morgan fingerprint density at radius 3 is 3.08 bits per heavy atom. The van der Waals surface area contributed by atoms with Gasteiger partial charge in [-0.2, -0.15) is 0 Å². The van der Waals surface area contributed by atoms with Crippen molar-refractivity contribution in [2.75, 3.05) is 11.9 Å². The van der Waals surface area contributed by atoms with Gasteiger partial charge in [-0.15, -0.1) is 0 Å². The van der Waals surface area contributed by atoms with Crippen LogP contribution in [0.5, 0.6) is 0 Å².